The van der Waals surface area contributed by atoms with Crippen LogP contribution in [0.4, 0.5) is 0 Å². The summed E-state index contributed by atoms with van der Waals surface area (Å²) >= 11 is 1.70. The van der Waals surface area contributed by atoms with Gasteiger partial charge in [0.15, 0.2) is 0 Å². The molecule has 0 spiro atoms. The number of amides is 1. The van der Waals surface area contributed by atoms with Gasteiger partial charge in [0, 0.05) is 23.7 Å². The van der Waals surface area contributed by atoms with Gasteiger partial charge in [0.2, 0.25) is 5.91 Å². The first-order valence-electron chi connectivity index (χ1n) is 6.57. The zero-order valence-corrected chi connectivity index (χ0v) is 12.5. The third-order valence-electron chi connectivity index (χ3n) is 3.35. The molecule has 7 heteroatoms. The summed E-state index contributed by atoms with van der Waals surface area (Å²) in [5.74, 6) is 0.637. The van der Waals surface area contributed by atoms with E-state index in [9.17, 15) is 9.59 Å². The molecule has 1 aliphatic heterocycles. The highest BCUT2D eigenvalue weighted by molar-refractivity contribution is 7.99. The summed E-state index contributed by atoms with van der Waals surface area (Å²) < 4.78 is 1.68. The molecule has 110 valence electrons. The maximum Gasteiger partial charge on any atom is 0.305 e. The summed E-state index contributed by atoms with van der Waals surface area (Å²) in [5, 5.41) is 13.2. The van der Waals surface area contributed by atoms with E-state index in [0.29, 0.717) is 12.3 Å². The molecule has 1 amide bonds. The Morgan fingerprint density at radius 2 is 2.25 bits per heavy atom. The molecule has 0 aromatic carbocycles. The van der Waals surface area contributed by atoms with E-state index in [1.54, 1.807) is 21.3 Å². The number of hydrogen-bond donors (Lipinski definition) is 1. The van der Waals surface area contributed by atoms with Gasteiger partial charge in [-0.05, 0) is 19.9 Å². The lowest BCUT2D eigenvalue weighted by Gasteiger charge is -2.34. The number of nitrogens with zero attached hydrogens (tertiary/aromatic N) is 3. The summed E-state index contributed by atoms with van der Waals surface area (Å²) in [6.07, 6.45) is 0.00978. The number of aromatic nitrogens is 2. The fourth-order valence-corrected chi connectivity index (χ4v) is 3.47. The van der Waals surface area contributed by atoms with E-state index in [1.165, 1.54) is 0 Å². The summed E-state index contributed by atoms with van der Waals surface area (Å²) in [7, 11) is 0. The zero-order valence-electron chi connectivity index (χ0n) is 11.7. The Hall–Kier alpha value is -1.50. The van der Waals surface area contributed by atoms with Gasteiger partial charge in [-0.2, -0.15) is 16.9 Å². The molecule has 20 heavy (non-hydrogen) atoms. The Morgan fingerprint density at radius 1 is 1.50 bits per heavy atom. The molecule has 2 rings (SSSR count). The van der Waals surface area contributed by atoms with E-state index in [4.69, 9.17) is 5.11 Å². The minimum Gasteiger partial charge on any atom is -0.481 e. The van der Waals surface area contributed by atoms with Crippen molar-refractivity contribution in [3.63, 3.8) is 0 Å². The Morgan fingerprint density at radius 3 is 2.85 bits per heavy atom. The van der Waals surface area contributed by atoms with Crippen molar-refractivity contribution in [3.05, 3.63) is 17.5 Å². The highest BCUT2D eigenvalue weighted by Crippen LogP contribution is 2.19. The van der Waals surface area contributed by atoms with Crippen LogP contribution < -0.4 is 0 Å². The maximum atomic E-state index is 12.4. The largest absolute Gasteiger partial charge is 0.481 e. The number of carbonyl (C=O) groups is 2. The molecule has 1 unspecified atom stereocenters. The molecule has 1 atom stereocenters. The van der Waals surface area contributed by atoms with Gasteiger partial charge in [0.25, 0.3) is 0 Å². The van der Waals surface area contributed by atoms with E-state index in [1.807, 2.05) is 19.9 Å². The molecule has 1 fully saturated rings. The monoisotopic (exact) mass is 297 g/mol. The third kappa shape index (κ3) is 3.53. The van der Waals surface area contributed by atoms with Gasteiger partial charge in [0.05, 0.1) is 18.2 Å². The fourth-order valence-electron chi connectivity index (χ4n) is 2.41. The second kappa shape index (κ2) is 6.30. The second-order valence-corrected chi connectivity index (χ2v) is 6.15. The van der Waals surface area contributed by atoms with Gasteiger partial charge in [-0.1, -0.05) is 0 Å². The summed E-state index contributed by atoms with van der Waals surface area (Å²) in [6, 6.07) is 1.71. The van der Waals surface area contributed by atoms with Crippen molar-refractivity contribution in [1.82, 2.24) is 14.7 Å². The maximum absolute atomic E-state index is 12.4. The van der Waals surface area contributed by atoms with Crippen LogP contribution in [-0.2, 0) is 16.1 Å². The van der Waals surface area contributed by atoms with Crippen molar-refractivity contribution in [2.45, 2.75) is 32.9 Å². The van der Waals surface area contributed by atoms with Crippen LogP contribution in [0.2, 0.25) is 0 Å². The second-order valence-electron chi connectivity index (χ2n) is 5.00. The molecule has 1 aromatic rings. The molecule has 6 nitrogen and oxygen atoms in total. The highest BCUT2D eigenvalue weighted by atomic mass is 32.2. The lowest BCUT2D eigenvalue weighted by molar-refractivity contribution is -0.140. The van der Waals surface area contributed by atoms with Crippen molar-refractivity contribution in [3.8, 4) is 0 Å². The number of rotatable bonds is 4. The number of carboxylic acid groups (broad SMARTS) is 1. The smallest absolute Gasteiger partial charge is 0.305 e. The number of aryl methyl sites for hydroxylation is 2. The Kier molecular flexibility index (Phi) is 4.69. The third-order valence-corrected chi connectivity index (χ3v) is 4.44. The van der Waals surface area contributed by atoms with Crippen LogP contribution in [-0.4, -0.2) is 55.8 Å². The molecule has 1 N–H and O–H groups in total. The van der Waals surface area contributed by atoms with E-state index in [0.717, 1.165) is 17.1 Å². The van der Waals surface area contributed by atoms with Gasteiger partial charge in [0.1, 0.15) is 6.54 Å². The van der Waals surface area contributed by atoms with Gasteiger partial charge in [-0.15, -0.1) is 0 Å². The number of carboxylic acids is 1. The number of carbonyl (C=O) groups excluding carboxylic acids is 1. The number of thioether (sulfide) groups is 1. The lowest BCUT2D eigenvalue weighted by atomic mass is 10.2. The predicted octanol–water partition coefficient (Wildman–Crippen LogP) is 0.919. The van der Waals surface area contributed by atoms with Crippen molar-refractivity contribution < 1.29 is 14.7 Å². The van der Waals surface area contributed by atoms with Crippen molar-refractivity contribution in [2.75, 3.05) is 18.1 Å². The average molecular weight is 297 g/mol. The van der Waals surface area contributed by atoms with Gasteiger partial charge >= 0.3 is 5.97 Å². The molecule has 1 aliphatic rings. The van der Waals surface area contributed by atoms with Crippen molar-refractivity contribution in [2.24, 2.45) is 0 Å². The van der Waals surface area contributed by atoms with Crippen LogP contribution in [0.25, 0.3) is 0 Å². The van der Waals surface area contributed by atoms with Crippen molar-refractivity contribution >= 4 is 23.6 Å². The highest BCUT2D eigenvalue weighted by Gasteiger charge is 2.29. The SMILES string of the molecule is Cc1cc(C)n(CC(=O)N2CCSCC2CC(=O)O)n1. The molecule has 1 aromatic heterocycles. The summed E-state index contributed by atoms with van der Waals surface area (Å²) in [4.78, 5) is 25.0. The van der Waals surface area contributed by atoms with E-state index < -0.39 is 5.97 Å². The average Bonchev–Trinajstić information content (AvgIpc) is 2.67. The summed E-state index contributed by atoms with van der Waals surface area (Å²) in [6.45, 7) is 4.59. The zero-order chi connectivity index (χ0) is 14.7. The van der Waals surface area contributed by atoms with Crippen LogP contribution in [0.5, 0.6) is 0 Å². The van der Waals surface area contributed by atoms with Crippen LogP contribution in [0, 0.1) is 13.8 Å². The quantitative estimate of drug-likeness (QED) is 0.894. The normalized spacial score (nSPS) is 19.1. The Labute approximate surface area is 122 Å². The molecular formula is C13H19N3O3S. The van der Waals surface area contributed by atoms with Crippen LogP contribution in [0.3, 0.4) is 0 Å². The molecule has 0 aliphatic carbocycles. The number of aliphatic carboxylic acids is 1. The molecule has 0 saturated carbocycles. The standard InChI is InChI=1S/C13H19N3O3S/c1-9-5-10(2)16(14-9)7-12(17)15-3-4-20-8-11(15)6-13(18)19/h5,11H,3-4,6-8H2,1-2H3,(H,18,19). The van der Waals surface area contributed by atoms with Gasteiger partial charge in [-0.25, -0.2) is 0 Å². The predicted molar refractivity (Wildman–Crippen MR) is 76.8 cm³/mol. The molecule has 2 heterocycles. The Bertz CT molecular complexity index is 515. The van der Waals surface area contributed by atoms with Crippen LogP contribution in [0.15, 0.2) is 6.07 Å². The first kappa shape index (κ1) is 14.9. The molecule has 1 saturated heterocycles. The fraction of sp³-hybridized carbons (Fsp3) is 0.615. The van der Waals surface area contributed by atoms with Gasteiger partial charge < -0.3 is 10.0 Å². The first-order chi connectivity index (χ1) is 9.47. The molecular weight excluding hydrogens is 278 g/mol. The first-order valence-corrected chi connectivity index (χ1v) is 7.73. The molecule has 0 bridgehead atoms. The topological polar surface area (TPSA) is 75.4 Å². The van der Waals surface area contributed by atoms with E-state index in [2.05, 4.69) is 5.10 Å². The number of hydrogen-bond acceptors (Lipinski definition) is 4. The molecule has 0 radical (unpaired) electrons. The lowest BCUT2D eigenvalue weighted by Crippen LogP contribution is -2.48. The van der Waals surface area contributed by atoms with Gasteiger partial charge in [-0.3, -0.25) is 14.3 Å². The van der Waals surface area contributed by atoms with Crippen LogP contribution in [0.1, 0.15) is 17.8 Å². The Balaban J connectivity index is 2.05. The minimum absolute atomic E-state index is 0.00978. The van der Waals surface area contributed by atoms with Crippen molar-refractivity contribution in [1.29, 1.82) is 0 Å². The summed E-state index contributed by atoms with van der Waals surface area (Å²) in [5.41, 5.74) is 1.82. The minimum atomic E-state index is -0.860. The van der Waals surface area contributed by atoms with E-state index >= 15 is 0 Å². The van der Waals surface area contributed by atoms with Crippen LogP contribution >= 0.6 is 11.8 Å². The van der Waals surface area contributed by atoms with E-state index in [-0.39, 0.29) is 24.9 Å².